The van der Waals surface area contributed by atoms with Gasteiger partial charge in [-0.25, -0.2) is 4.98 Å². The first-order chi connectivity index (χ1) is 21.1. The SMILES string of the molecule is CC(C)c1ccc(N(Cc2ccc(N3CCOCC3)nc2)C(=O)C2CCCc3c(OCc4ccccc4)cccc32)cc1. The average Bonchev–Trinajstić information content (AvgIpc) is 3.07. The highest BCUT2D eigenvalue weighted by Crippen LogP contribution is 2.39. The Hall–Kier alpha value is -4.16. The molecule has 0 saturated carbocycles. The summed E-state index contributed by atoms with van der Waals surface area (Å²) in [6.45, 7) is 8.49. The van der Waals surface area contributed by atoms with Crippen molar-refractivity contribution in [1.82, 2.24) is 4.98 Å². The molecule has 1 aromatic heterocycles. The van der Waals surface area contributed by atoms with Crippen LogP contribution in [0.25, 0.3) is 0 Å². The Morgan fingerprint density at radius 3 is 2.47 bits per heavy atom. The Morgan fingerprint density at radius 1 is 0.953 bits per heavy atom. The third-order valence-corrected chi connectivity index (χ3v) is 8.62. The van der Waals surface area contributed by atoms with E-state index in [1.807, 2.05) is 41.4 Å². The lowest BCUT2D eigenvalue weighted by molar-refractivity contribution is -0.120. The summed E-state index contributed by atoms with van der Waals surface area (Å²) in [5.74, 6) is 2.16. The van der Waals surface area contributed by atoms with Gasteiger partial charge < -0.3 is 19.3 Å². The Balaban J connectivity index is 1.27. The van der Waals surface area contributed by atoms with Gasteiger partial charge in [-0.1, -0.05) is 74.5 Å². The van der Waals surface area contributed by atoms with E-state index in [0.29, 0.717) is 19.1 Å². The minimum atomic E-state index is -0.227. The average molecular weight is 576 g/mol. The molecule has 0 bridgehead atoms. The molecule has 2 aliphatic rings. The number of aromatic nitrogens is 1. The number of carbonyl (C=O) groups is 1. The summed E-state index contributed by atoms with van der Waals surface area (Å²) in [6.07, 6.45) is 4.60. The van der Waals surface area contributed by atoms with Crippen molar-refractivity contribution < 1.29 is 14.3 Å². The normalized spacial score (nSPS) is 16.5. The molecule has 1 saturated heterocycles. The van der Waals surface area contributed by atoms with Crippen molar-refractivity contribution in [2.45, 2.75) is 58.1 Å². The second-order valence-corrected chi connectivity index (χ2v) is 11.8. The zero-order valence-corrected chi connectivity index (χ0v) is 25.2. The Labute approximate surface area is 255 Å². The Kier molecular flexibility index (Phi) is 9.04. The van der Waals surface area contributed by atoms with E-state index < -0.39 is 0 Å². The molecule has 1 aliphatic heterocycles. The van der Waals surface area contributed by atoms with E-state index in [-0.39, 0.29) is 11.8 Å². The van der Waals surface area contributed by atoms with Crippen molar-refractivity contribution in [3.63, 3.8) is 0 Å². The first-order valence-electron chi connectivity index (χ1n) is 15.5. The third-order valence-electron chi connectivity index (χ3n) is 8.62. The van der Waals surface area contributed by atoms with Crippen LogP contribution in [0.1, 0.15) is 66.3 Å². The molecule has 3 aromatic carbocycles. The molecule has 1 unspecified atom stereocenters. The maximum atomic E-state index is 14.5. The zero-order valence-electron chi connectivity index (χ0n) is 25.2. The van der Waals surface area contributed by atoms with Gasteiger partial charge in [-0.05, 0) is 77.3 Å². The molecule has 0 radical (unpaired) electrons. The molecular formula is C37H41N3O3. The summed E-state index contributed by atoms with van der Waals surface area (Å²) in [6, 6.07) is 29.0. The molecule has 6 rings (SSSR count). The number of amides is 1. The first-order valence-corrected chi connectivity index (χ1v) is 15.5. The van der Waals surface area contributed by atoms with Crippen LogP contribution in [-0.2, 0) is 29.1 Å². The fourth-order valence-corrected chi connectivity index (χ4v) is 6.14. The summed E-state index contributed by atoms with van der Waals surface area (Å²) >= 11 is 0. The standard InChI is InChI=1S/C37H41N3O3/c1-27(2)30-15-17-31(18-16-30)40(25-29-14-19-36(38-24-29)39-20-22-42-23-21-39)37(41)34-12-6-11-33-32(34)10-7-13-35(33)43-26-28-8-4-3-5-9-28/h3-5,7-10,13-19,24,27,34H,6,11-12,20-23,25-26H2,1-2H3. The predicted molar refractivity (Wildman–Crippen MR) is 172 cm³/mol. The maximum absolute atomic E-state index is 14.5. The summed E-state index contributed by atoms with van der Waals surface area (Å²) < 4.78 is 11.8. The van der Waals surface area contributed by atoms with E-state index in [1.54, 1.807) is 0 Å². The van der Waals surface area contributed by atoms with E-state index in [4.69, 9.17) is 14.5 Å². The quantitative estimate of drug-likeness (QED) is 0.210. The van der Waals surface area contributed by atoms with Gasteiger partial charge in [0.1, 0.15) is 18.2 Å². The van der Waals surface area contributed by atoms with Crippen molar-refractivity contribution in [3.05, 3.63) is 119 Å². The highest BCUT2D eigenvalue weighted by molar-refractivity contribution is 5.98. The molecule has 1 amide bonds. The van der Waals surface area contributed by atoms with Crippen LogP contribution >= 0.6 is 0 Å². The van der Waals surface area contributed by atoms with E-state index in [1.165, 1.54) is 5.56 Å². The molecule has 0 spiro atoms. The molecule has 1 fully saturated rings. The van der Waals surface area contributed by atoms with Gasteiger partial charge in [0, 0.05) is 25.0 Å². The van der Waals surface area contributed by atoms with Gasteiger partial charge in [-0.3, -0.25) is 4.79 Å². The van der Waals surface area contributed by atoms with Gasteiger partial charge in [-0.2, -0.15) is 0 Å². The number of benzene rings is 3. The number of ether oxygens (including phenoxy) is 2. The van der Waals surface area contributed by atoms with Crippen LogP contribution in [0.15, 0.2) is 91.1 Å². The highest BCUT2D eigenvalue weighted by atomic mass is 16.5. The maximum Gasteiger partial charge on any atom is 0.234 e. The topological polar surface area (TPSA) is 54.9 Å². The lowest BCUT2D eigenvalue weighted by Gasteiger charge is -2.32. The summed E-state index contributed by atoms with van der Waals surface area (Å²) in [5.41, 5.74) is 6.56. The van der Waals surface area contributed by atoms with Crippen LogP contribution in [0.4, 0.5) is 11.5 Å². The van der Waals surface area contributed by atoms with Crippen LogP contribution in [0.3, 0.4) is 0 Å². The number of hydrogen-bond acceptors (Lipinski definition) is 5. The minimum absolute atomic E-state index is 0.121. The van der Waals surface area contributed by atoms with Gasteiger partial charge in [0.2, 0.25) is 5.91 Å². The number of carbonyl (C=O) groups excluding carboxylic acids is 1. The molecule has 0 N–H and O–H groups in total. The fourth-order valence-electron chi connectivity index (χ4n) is 6.14. The monoisotopic (exact) mass is 575 g/mol. The van der Waals surface area contributed by atoms with Crippen LogP contribution in [-0.4, -0.2) is 37.2 Å². The minimum Gasteiger partial charge on any atom is -0.489 e. The number of rotatable bonds is 9. The van der Waals surface area contributed by atoms with Crippen LogP contribution in [0, 0.1) is 0 Å². The van der Waals surface area contributed by atoms with Gasteiger partial charge in [0.05, 0.1) is 25.7 Å². The fraction of sp³-hybridized carbons (Fsp3) is 0.351. The highest BCUT2D eigenvalue weighted by Gasteiger charge is 2.32. The second kappa shape index (κ2) is 13.4. The molecule has 4 aromatic rings. The number of pyridine rings is 1. The van der Waals surface area contributed by atoms with Gasteiger partial charge >= 0.3 is 0 Å². The molecule has 222 valence electrons. The number of hydrogen-bond donors (Lipinski definition) is 0. The van der Waals surface area contributed by atoms with Gasteiger partial charge in [0.25, 0.3) is 0 Å². The molecule has 2 heterocycles. The van der Waals surface area contributed by atoms with Crippen molar-refractivity contribution in [1.29, 1.82) is 0 Å². The summed E-state index contributed by atoms with van der Waals surface area (Å²) in [7, 11) is 0. The predicted octanol–water partition coefficient (Wildman–Crippen LogP) is 7.27. The van der Waals surface area contributed by atoms with E-state index in [2.05, 4.69) is 73.3 Å². The number of nitrogens with zero attached hydrogens (tertiary/aromatic N) is 3. The lowest BCUT2D eigenvalue weighted by Crippen LogP contribution is -2.37. The summed E-state index contributed by atoms with van der Waals surface area (Å²) in [4.78, 5) is 23.5. The van der Waals surface area contributed by atoms with E-state index >= 15 is 0 Å². The van der Waals surface area contributed by atoms with Crippen LogP contribution in [0.2, 0.25) is 0 Å². The largest absolute Gasteiger partial charge is 0.489 e. The Bertz CT molecular complexity index is 1500. The zero-order chi connectivity index (χ0) is 29.6. The molecule has 1 atom stereocenters. The van der Waals surface area contributed by atoms with Crippen LogP contribution < -0.4 is 14.5 Å². The van der Waals surface area contributed by atoms with Crippen molar-refractivity contribution in [3.8, 4) is 5.75 Å². The number of morpholine rings is 1. The smallest absolute Gasteiger partial charge is 0.234 e. The summed E-state index contributed by atoms with van der Waals surface area (Å²) in [5, 5.41) is 0. The van der Waals surface area contributed by atoms with Crippen molar-refractivity contribution in [2.24, 2.45) is 0 Å². The first kappa shape index (κ1) is 28.9. The lowest BCUT2D eigenvalue weighted by atomic mass is 9.81. The van der Waals surface area contributed by atoms with Crippen LogP contribution in [0.5, 0.6) is 5.75 Å². The molecular weight excluding hydrogens is 534 g/mol. The Morgan fingerprint density at radius 2 is 1.74 bits per heavy atom. The second-order valence-electron chi connectivity index (χ2n) is 11.8. The van der Waals surface area contributed by atoms with E-state index in [0.717, 1.165) is 85.1 Å². The third kappa shape index (κ3) is 6.75. The molecule has 6 heteroatoms. The van der Waals surface area contributed by atoms with E-state index in [9.17, 15) is 4.79 Å². The molecule has 6 nitrogen and oxygen atoms in total. The van der Waals surface area contributed by atoms with Crippen molar-refractivity contribution >= 4 is 17.4 Å². The van der Waals surface area contributed by atoms with Gasteiger partial charge in [0.15, 0.2) is 0 Å². The molecule has 1 aliphatic carbocycles. The number of fused-ring (bicyclic) bond motifs is 1. The molecule has 43 heavy (non-hydrogen) atoms. The number of anilines is 2. The van der Waals surface area contributed by atoms with Crippen molar-refractivity contribution in [2.75, 3.05) is 36.1 Å². The van der Waals surface area contributed by atoms with Gasteiger partial charge in [-0.15, -0.1) is 0 Å².